The third kappa shape index (κ3) is 5.17. The molecule has 11 nitrogen and oxygen atoms in total. The van der Waals surface area contributed by atoms with Crippen LogP contribution in [0.1, 0.15) is 50.4 Å². The Bertz CT molecular complexity index is 1960. The zero-order chi connectivity index (χ0) is 30.5. The third-order valence-electron chi connectivity index (χ3n) is 7.47. The fourth-order valence-electron chi connectivity index (χ4n) is 5.61. The van der Waals surface area contributed by atoms with Crippen molar-refractivity contribution in [1.82, 2.24) is 29.5 Å². The Morgan fingerprint density at radius 2 is 1.91 bits per heavy atom. The summed E-state index contributed by atoms with van der Waals surface area (Å²) in [5, 5.41) is 27.3. The van der Waals surface area contributed by atoms with Gasteiger partial charge in [-0.2, -0.15) is 5.26 Å². The fraction of sp³-hybridized carbons (Fsp3) is 0.226. The molecule has 12 heteroatoms. The number of hydrogen-bond donors (Lipinski definition) is 2. The van der Waals surface area contributed by atoms with Crippen molar-refractivity contribution in [1.29, 1.82) is 5.26 Å². The summed E-state index contributed by atoms with van der Waals surface area (Å²) in [7, 11) is 0. The molecule has 3 aromatic heterocycles. The number of nitrogens with one attached hydrogen (secondary N) is 1. The standard InChI is InChI=1S/C31H27ClN8O3/c1-31(2,3)40(30(42)43)22-7-4-18(5-8-22)25-16-34-29(35-25)27-11-9-23-12-19(13-28(41)39(23)27)24-14-20(32)6-10-26(24)38-17-21(15-33)36-37-38/h4-8,10,12-14,16-17,27H,9,11H2,1-3H3,(H,34,35)(H,42,43)/t27-/m0/s1. The van der Waals surface area contributed by atoms with E-state index in [0.717, 1.165) is 17.0 Å². The fourth-order valence-corrected chi connectivity index (χ4v) is 5.78. The van der Waals surface area contributed by atoms with Crippen molar-refractivity contribution in [2.75, 3.05) is 4.90 Å². The van der Waals surface area contributed by atoms with E-state index in [1.807, 2.05) is 45.0 Å². The monoisotopic (exact) mass is 594 g/mol. The number of aryl methyl sites for hydroxylation is 1. The molecule has 2 aromatic carbocycles. The van der Waals surface area contributed by atoms with Crippen molar-refractivity contribution >= 4 is 23.4 Å². The van der Waals surface area contributed by atoms with Crippen LogP contribution in [0.5, 0.6) is 0 Å². The molecule has 1 amide bonds. The van der Waals surface area contributed by atoms with E-state index in [1.165, 1.54) is 15.8 Å². The first-order chi connectivity index (χ1) is 20.5. The minimum atomic E-state index is -1.02. The van der Waals surface area contributed by atoms with Crippen molar-refractivity contribution in [3.63, 3.8) is 0 Å². The Morgan fingerprint density at radius 3 is 2.58 bits per heavy atom. The zero-order valence-corrected chi connectivity index (χ0v) is 24.4. The van der Waals surface area contributed by atoms with E-state index in [-0.39, 0.29) is 17.3 Å². The summed E-state index contributed by atoms with van der Waals surface area (Å²) in [6.07, 6.45) is 3.61. The van der Waals surface area contributed by atoms with Gasteiger partial charge in [-0.15, -0.1) is 5.10 Å². The molecule has 0 unspecified atom stereocenters. The van der Waals surface area contributed by atoms with Gasteiger partial charge in [0.05, 0.1) is 29.8 Å². The minimum Gasteiger partial charge on any atom is -0.465 e. The minimum absolute atomic E-state index is 0.171. The van der Waals surface area contributed by atoms with Crippen molar-refractivity contribution in [2.24, 2.45) is 0 Å². The number of benzene rings is 2. The second-order valence-electron chi connectivity index (χ2n) is 11.3. The predicted molar refractivity (Wildman–Crippen MR) is 162 cm³/mol. The highest BCUT2D eigenvalue weighted by atomic mass is 35.5. The Morgan fingerprint density at radius 1 is 1.14 bits per heavy atom. The number of nitrogens with zero attached hydrogens (tertiary/aromatic N) is 7. The van der Waals surface area contributed by atoms with Crippen molar-refractivity contribution in [2.45, 2.75) is 45.2 Å². The van der Waals surface area contributed by atoms with Crippen LogP contribution in [0.15, 0.2) is 71.8 Å². The van der Waals surface area contributed by atoms with Crippen LogP contribution in [0.25, 0.3) is 28.1 Å². The van der Waals surface area contributed by atoms with E-state index in [9.17, 15) is 20.0 Å². The Labute approximate surface area is 251 Å². The summed E-state index contributed by atoms with van der Waals surface area (Å²) >= 11 is 6.34. The van der Waals surface area contributed by atoms with Gasteiger partial charge in [0.2, 0.25) is 0 Å². The second-order valence-corrected chi connectivity index (χ2v) is 11.8. The van der Waals surface area contributed by atoms with Crippen LogP contribution >= 0.6 is 11.6 Å². The highest BCUT2D eigenvalue weighted by molar-refractivity contribution is 6.31. The van der Waals surface area contributed by atoms with Crippen LogP contribution in [0.3, 0.4) is 0 Å². The maximum absolute atomic E-state index is 13.5. The Hall–Kier alpha value is -5.21. The number of anilines is 1. The normalized spacial score (nSPS) is 14.3. The van der Waals surface area contributed by atoms with Gasteiger partial charge in [0.1, 0.15) is 11.9 Å². The molecule has 4 heterocycles. The van der Waals surface area contributed by atoms with Crippen LogP contribution in [0.4, 0.5) is 10.5 Å². The van der Waals surface area contributed by atoms with E-state index >= 15 is 0 Å². The molecule has 0 spiro atoms. The number of aromatic amines is 1. The lowest BCUT2D eigenvalue weighted by Gasteiger charge is -2.33. The third-order valence-corrected chi connectivity index (χ3v) is 7.70. The quantitative estimate of drug-likeness (QED) is 0.260. The average molecular weight is 595 g/mol. The van der Waals surface area contributed by atoms with Crippen LogP contribution in [0.2, 0.25) is 5.02 Å². The smallest absolute Gasteiger partial charge is 0.412 e. The number of imidazole rings is 1. The number of carboxylic acid groups (broad SMARTS) is 1. The first-order valence-corrected chi connectivity index (χ1v) is 14.0. The molecule has 0 saturated heterocycles. The Kier molecular flexibility index (Phi) is 6.86. The lowest BCUT2D eigenvalue weighted by Crippen LogP contribution is -2.45. The summed E-state index contributed by atoms with van der Waals surface area (Å²) in [4.78, 5) is 34.7. The molecular weight excluding hydrogens is 568 g/mol. The average Bonchev–Trinajstić information content (AvgIpc) is 3.72. The molecule has 5 aromatic rings. The largest absolute Gasteiger partial charge is 0.465 e. The first-order valence-electron chi connectivity index (χ1n) is 13.6. The van der Waals surface area contributed by atoms with Gasteiger partial charge < -0.3 is 14.7 Å². The van der Waals surface area contributed by atoms with Gasteiger partial charge >= 0.3 is 6.09 Å². The lowest BCUT2D eigenvalue weighted by molar-refractivity contribution is 0.195. The number of aromatic nitrogens is 6. The summed E-state index contributed by atoms with van der Waals surface area (Å²) in [6.45, 7) is 5.53. The lowest BCUT2D eigenvalue weighted by atomic mass is 10.0. The maximum Gasteiger partial charge on any atom is 0.412 e. The van der Waals surface area contributed by atoms with E-state index in [2.05, 4.69) is 20.3 Å². The van der Waals surface area contributed by atoms with Gasteiger partial charge in [-0.3, -0.25) is 9.69 Å². The molecule has 1 aliphatic heterocycles. The van der Waals surface area contributed by atoms with Gasteiger partial charge in [0.25, 0.3) is 5.56 Å². The van der Waals surface area contributed by atoms with Crippen molar-refractivity contribution in [3.8, 4) is 34.1 Å². The number of amides is 1. The molecule has 6 rings (SSSR count). The molecule has 216 valence electrons. The number of nitriles is 1. The number of H-pyrrole nitrogens is 1. The van der Waals surface area contributed by atoms with Crippen LogP contribution in [-0.2, 0) is 6.42 Å². The molecule has 1 aliphatic rings. The SMILES string of the molecule is CC(C)(C)N(C(=O)O)c1ccc(-c2cnc([C@@H]3CCc4cc(-c5cc(Cl)ccc5-n5cc(C#N)nn5)cc(=O)n43)[nH]2)cc1. The van der Waals surface area contributed by atoms with Crippen LogP contribution in [0, 0.1) is 11.3 Å². The molecule has 0 bridgehead atoms. The van der Waals surface area contributed by atoms with E-state index in [1.54, 1.807) is 47.2 Å². The summed E-state index contributed by atoms with van der Waals surface area (Å²) in [5.41, 5.74) is 4.51. The number of rotatable bonds is 5. The summed E-state index contributed by atoms with van der Waals surface area (Å²) < 4.78 is 3.26. The van der Waals surface area contributed by atoms with Gasteiger partial charge in [0, 0.05) is 33.6 Å². The topological polar surface area (TPSA) is 146 Å². The summed E-state index contributed by atoms with van der Waals surface area (Å²) in [5.74, 6) is 0.671. The van der Waals surface area contributed by atoms with Gasteiger partial charge in [-0.1, -0.05) is 28.9 Å². The maximum atomic E-state index is 13.5. The number of halogens is 1. The first kappa shape index (κ1) is 27.9. The molecule has 0 radical (unpaired) electrons. The molecular formula is C31H27ClN8O3. The molecule has 0 saturated carbocycles. The van der Waals surface area contributed by atoms with Crippen molar-refractivity contribution < 1.29 is 9.90 Å². The van der Waals surface area contributed by atoms with E-state index < -0.39 is 11.6 Å². The highest BCUT2D eigenvalue weighted by Crippen LogP contribution is 2.35. The number of fused-ring (bicyclic) bond motifs is 1. The van der Waals surface area contributed by atoms with E-state index in [4.69, 9.17) is 11.6 Å². The molecule has 1 atom stereocenters. The van der Waals surface area contributed by atoms with Gasteiger partial charge in [0.15, 0.2) is 5.69 Å². The number of hydrogen-bond acceptors (Lipinski definition) is 6. The molecule has 0 aliphatic carbocycles. The van der Waals surface area contributed by atoms with E-state index in [0.29, 0.717) is 46.2 Å². The zero-order valence-electron chi connectivity index (χ0n) is 23.6. The molecule has 43 heavy (non-hydrogen) atoms. The highest BCUT2D eigenvalue weighted by Gasteiger charge is 2.29. The van der Waals surface area contributed by atoms with Crippen LogP contribution in [-0.4, -0.2) is 46.3 Å². The van der Waals surface area contributed by atoms with Crippen molar-refractivity contribution in [3.05, 3.63) is 99.6 Å². The Balaban J connectivity index is 1.30. The second kappa shape index (κ2) is 10.6. The van der Waals surface area contributed by atoms with Crippen LogP contribution < -0.4 is 10.5 Å². The van der Waals surface area contributed by atoms with Gasteiger partial charge in [-0.25, -0.2) is 14.5 Å². The molecule has 0 fully saturated rings. The number of carbonyl (C=O) groups is 1. The van der Waals surface area contributed by atoms with Gasteiger partial charge in [-0.05, 0) is 81.1 Å². The predicted octanol–water partition coefficient (Wildman–Crippen LogP) is 5.83. The number of pyridine rings is 1. The molecule has 2 N–H and O–H groups in total. The summed E-state index contributed by atoms with van der Waals surface area (Å²) in [6, 6.07) is 17.8.